The minimum atomic E-state index is -4.77. The van der Waals surface area contributed by atoms with Crippen molar-refractivity contribution in [1.82, 2.24) is 24.6 Å². The lowest BCUT2D eigenvalue weighted by molar-refractivity contribution is -0.143. The van der Waals surface area contributed by atoms with Crippen molar-refractivity contribution >= 4 is 44.9 Å². The van der Waals surface area contributed by atoms with Crippen molar-refractivity contribution in [3.8, 4) is 5.69 Å². The molecule has 0 atom stereocenters. The third-order valence-electron chi connectivity index (χ3n) is 5.45. The van der Waals surface area contributed by atoms with Gasteiger partial charge in [-0.3, -0.25) is 4.79 Å². The molecule has 1 aliphatic rings. The third kappa shape index (κ3) is 4.02. The van der Waals surface area contributed by atoms with Gasteiger partial charge >= 0.3 is 6.18 Å². The van der Waals surface area contributed by atoms with Crippen LogP contribution in [0, 0.1) is 0 Å². The molecule has 1 saturated heterocycles. The Morgan fingerprint density at radius 3 is 2.45 bits per heavy atom. The number of aromatic nitrogens is 4. The Labute approximate surface area is 195 Å². The second-order valence-corrected chi connectivity index (χ2v) is 8.74. The van der Waals surface area contributed by atoms with Crippen molar-refractivity contribution < 1.29 is 18.0 Å². The minimum Gasteiger partial charge on any atom is -0.352 e. The van der Waals surface area contributed by atoms with E-state index < -0.39 is 23.3 Å². The summed E-state index contributed by atoms with van der Waals surface area (Å²) in [5, 5.41) is 7.11. The number of anilines is 1. The van der Waals surface area contributed by atoms with E-state index in [0.717, 1.165) is 26.9 Å². The fraction of sp³-hybridized carbons (Fsp3) is 0.238. The molecule has 0 aliphatic carbocycles. The summed E-state index contributed by atoms with van der Waals surface area (Å²) in [4.78, 5) is 26.0. The SMILES string of the molecule is O=C(c1cnn(-c2ccc(Cl)cc2)c1C(F)(F)F)N1CCN(c2ncnc3sccc23)CC1. The molecular weight excluding hydrogens is 477 g/mol. The number of rotatable bonds is 3. The van der Waals surface area contributed by atoms with Crippen LogP contribution in [0.3, 0.4) is 0 Å². The third-order valence-corrected chi connectivity index (χ3v) is 6.52. The summed E-state index contributed by atoms with van der Waals surface area (Å²) in [6, 6.07) is 7.72. The summed E-state index contributed by atoms with van der Waals surface area (Å²) in [7, 11) is 0. The Bertz CT molecular complexity index is 1310. The van der Waals surface area contributed by atoms with Crippen LogP contribution in [-0.2, 0) is 6.18 Å². The first-order valence-electron chi connectivity index (χ1n) is 9.96. The molecule has 1 aromatic carbocycles. The summed E-state index contributed by atoms with van der Waals surface area (Å²) in [5.74, 6) is 0.0606. The Kier molecular flexibility index (Phi) is 5.45. The average Bonchev–Trinajstić information content (AvgIpc) is 3.46. The Morgan fingerprint density at radius 2 is 1.76 bits per heavy atom. The zero-order chi connectivity index (χ0) is 23.2. The number of nitrogens with zero attached hydrogens (tertiary/aromatic N) is 6. The monoisotopic (exact) mass is 492 g/mol. The van der Waals surface area contributed by atoms with Crippen LogP contribution in [-0.4, -0.2) is 56.7 Å². The standard InChI is InChI=1S/C21H16ClF3N6OS/c22-13-1-3-14(4-2-13)31-17(21(23,24)25)16(11-28-31)20(32)30-8-6-29(7-9-30)18-15-5-10-33-19(15)27-12-26-18/h1-5,10-12H,6-9H2. The number of hydrogen-bond acceptors (Lipinski definition) is 6. The molecule has 1 aliphatic heterocycles. The molecule has 1 fully saturated rings. The van der Waals surface area contributed by atoms with Crippen molar-refractivity contribution in [2.24, 2.45) is 0 Å². The molecule has 7 nitrogen and oxygen atoms in total. The molecule has 1 amide bonds. The Balaban J connectivity index is 1.39. The smallest absolute Gasteiger partial charge is 0.352 e. The molecule has 0 spiro atoms. The molecule has 0 bridgehead atoms. The molecule has 5 rings (SSSR count). The van der Waals surface area contributed by atoms with E-state index in [1.54, 1.807) is 0 Å². The number of alkyl halides is 3. The molecule has 12 heteroatoms. The number of fused-ring (bicyclic) bond motifs is 1. The van der Waals surface area contributed by atoms with Gasteiger partial charge in [0.1, 0.15) is 17.0 Å². The molecular formula is C21H16ClF3N6OS. The van der Waals surface area contributed by atoms with Crippen molar-refractivity contribution in [1.29, 1.82) is 0 Å². The van der Waals surface area contributed by atoms with Gasteiger partial charge in [-0.2, -0.15) is 18.3 Å². The fourth-order valence-corrected chi connectivity index (χ4v) is 4.73. The number of piperazine rings is 1. The van der Waals surface area contributed by atoms with E-state index in [0.29, 0.717) is 18.1 Å². The van der Waals surface area contributed by atoms with Gasteiger partial charge in [-0.15, -0.1) is 11.3 Å². The highest BCUT2D eigenvalue weighted by atomic mass is 35.5. The Hall–Kier alpha value is -3.18. The second-order valence-electron chi connectivity index (χ2n) is 7.41. The van der Waals surface area contributed by atoms with Gasteiger partial charge in [-0.05, 0) is 35.7 Å². The number of carbonyl (C=O) groups is 1. The quantitative estimate of drug-likeness (QED) is 0.421. The molecule has 3 aromatic heterocycles. The molecule has 170 valence electrons. The summed E-state index contributed by atoms with van der Waals surface area (Å²) in [5.41, 5.74) is -1.42. The highest BCUT2D eigenvalue weighted by Gasteiger charge is 2.41. The lowest BCUT2D eigenvalue weighted by Crippen LogP contribution is -2.49. The van der Waals surface area contributed by atoms with Crippen molar-refractivity contribution in [2.45, 2.75) is 6.18 Å². The van der Waals surface area contributed by atoms with Gasteiger partial charge in [0.25, 0.3) is 5.91 Å². The largest absolute Gasteiger partial charge is 0.434 e. The number of carbonyl (C=O) groups excluding carboxylic acids is 1. The first-order chi connectivity index (χ1) is 15.8. The zero-order valence-corrected chi connectivity index (χ0v) is 18.5. The lowest BCUT2D eigenvalue weighted by Gasteiger charge is -2.35. The minimum absolute atomic E-state index is 0.166. The van der Waals surface area contributed by atoms with E-state index in [9.17, 15) is 18.0 Å². The molecule has 0 unspecified atom stereocenters. The summed E-state index contributed by atoms with van der Waals surface area (Å²) >= 11 is 7.35. The van der Waals surface area contributed by atoms with Crippen LogP contribution < -0.4 is 4.90 Å². The van der Waals surface area contributed by atoms with Crippen molar-refractivity contribution in [3.05, 3.63) is 64.5 Å². The number of thiophene rings is 1. The van der Waals surface area contributed by atoms with Gasteiger partial charge < -0.3 is 9.80 Å². The maximum Gasteiger partial charge on any atom is 0.434 e. The average molecular weight is 493 g/mol. The lowest BCUT2D eigenvalue weighted by atomic mass is 10.1. The van der Waals surface area contributed by atoms with Crippen molar-refractivity contribution in [3.63, 3.8) is 0 Å². The van der Waals surface area contributed by atoms with Crippen LogP contribution in [0.2, 0.25) is 5.02 Å². The maximum atomic E-state index is 14.0. The van der Waals surface area contributed by atoms with Crippen LogP contribution in [0.4, 0.5) is 19.0 Å². The molecule has 0 saturated carbocycles. The summed E-state index contributed by atoms with van der Waals surface area (Å²) in [6.07, 6.45) is -2.30. The van der Waals surface area contributed by atoms with Crippen LogP contribution in [0.15, 0.2) is 48.2 Å². The van der Waals surface area contributed by atoms with Crippen LogP contribution in [0.25, 0.3) is 15.9 Å². The number of hydrogen-bond donors (Lipinski definition) is 0. The van der Waals surface area contributed by atoms with Crippen LogP contribution in [0.1, 0.15) is 16.1 Å². The van der Waals surface area contributed by atoms with Crippen molar-refractivity contribution in [2.75, 3.05) is 31.1 Å². The molecule has 0 radical (unpaired) electrons. The van der Waals surface area contributed by atoms with E-state index in [2.05, 4.69) is 15.1 Å². The topological polar surface area (TPSA) is 67.2 Å². The predicted molar refractivity (Wildman–Crippen MR) is 119 cm³/mol. The number of amides is 1. The van der Waals surface area contributed by atoms with Gasteiger partial charge in [0, 0.05) is 31.2 Å². The van der Waals surface area contributed by atoms with E-state index in [-0.39, 0.29) is 18.8 Å². The van der Waals surface area contributed by atoms with Crippen LogP contribution >= 0.6 is 22.9 Å². The van der Waals surface area contributed by atoms with Gasteiger partial charge in [0.15, 0.2) is 5.69 Å². The Morgan fingerprint density at radius 1 is 1.03 bits per heavy atom. The molecule has 4 heterocycles. The first kappa shape index (κ1) is 21.7. The second kappa shape index (κ2) is 8.31. The zero-order valence-electron chi connectivity index (χ0n) is 17.0. The molecule has 4 aromatic rings. The highest BCUT2D eigenvalue weighted by Crippen LogP contribution is 2.35. The highest BCUT2D eigenvalue weighted by molar-refractivity contribution is 7.16. The van der Waals surface area contributed by atoms with E-state index >= 15 is 0 Å². The molecule has 0 N–H and O–H groups in total. The van der Waals surface area contributed by atoms with Crippen LogP contribution in [0.5, 0.6) is 0 Å². The van der Waals surface area contributed by atoms with E-state index in [1.165, 1.54) is 46.8 Å². The first-order valence-corrected chi connectivity index (χ1v) is 11.2. The molecule has 33 heavy (non-hydrogen) atoms. The normalized spacial score (nSPS) is 14.8. The fourth-order valence-electron chi connectivity index (χ4n) is 3.88. The summed E-state index contributed by atoms with van der Waals surface area (Å²) < 4.78 is 42.6. The van der Waals surface area contributed by atoms with Gasteiger partial charge in [0.2, 0.25) is 0 Å². The van der Waals surface area contributed by atoms with E-state index in [1.807, 2.05) is 16.3 Å². The number of benzene rings is 1. The van der Waals surface area contributed by atoms with E-state index in [4.69, 9.17) is 11.6 Å². The number of halogens is 4. The van der Waals surface area contributed by atoms with Gasteiger partial charge in [-0.25, -0.2) is 14.6 Å². The van der Waals surface area contributed by atoms with Gasteiger partial charge in [0.05, 0.1) is 22.8 Å². The maximum absolute atomic E-state index is 14.0. The summed E-state index contributed by atoms with van der Waals surface area (Å²) in [6.45, 7) is 1.41. The predicted octanol–water partition coefficient (Wildman–Crippen LogP) is 4.51. The van der Waals surface area contributed by atoms with Gasteiger partial charge in [-0.1, -0.05) is 11.6 Å².